The molecule has 0 aromatic heterocycles. The molecule has 3 N–H and O–H groups in total. The maximum absolute atomic E-state index is 6.01. The minimum absolute atomic E-state index is 0. The molecule has 1 saturated heterocycles. The first kappa shape index (κ1) is 22.8. The molecule has 26 heavy (non-hydrogen) atoms. The Balaban J connectivity index is 0.00000338. The Labute approximate surface area is 174 Å². The Hall–Kier alpha value is -1.22. The van der Waals surface area contributed by atoms with E-state index in [0.717, 1.165) is 17.9 Å². The highest BCUT2D eigenvalue weighted by Crippen LogP contribution is 2.27. The molecule has 1 aliphatic rings. The summed E-state index contributed by atoms with van der Waals surface area (Å²) in [4.78, 5) is 6.98. The Kier molecular flexibility index (Phi) is 10.7. The first-order valence-electron chi connectivity index (χ1n) is 9.13. The second-order valence-corrected chi connectivity index (χ2v) is 6.56. The largest absolute Gasteiger partial charge is 0.493 e. The zero-order valence-electron chi connectivity index (χ0n) is 16.2. The van der Waals surface area contributed by atoms with Gasteiger partial charge in [-0.15, -0.1) is 24.0 Å². The fourth-order valence-electron chi connectivity index (χ4n) is 3.19. The third kappa shape index (κ3) is 7.19. The molecule has 0 aliphatic carbocycles. The predicted octanol–water partition coefficient (Wildman–Crippen LogP) is 2.85. The Morgan fingerprint density at radius 3 is 2.54 bits per heavy atom. The van der Waals surface area contributed by atoms with Gasteiger partial charge in [-0.3, -0.25) is 0 Å². The van der Waals surface area contributed by atoms with Crippen molar-refractivity contribution < 1.29 is 9.47 Å². The van der Waals surface area contributed by atoms with Crippen molar-refractivity contribution in [1.29, 1.82) is 0 Å². The maximum Gasteiger partial charge on any atom is 0.188 e. The average molecular weight is 476 g/mol. The van der Waals surface area contributed by atoms with Gasteiger partial charge in [0.15, 0.2) is 17.5 Å². The van der Waals surface area contributed by atoms with Gasteiger partial charge < -0.3 is 25.4 Å². The molecule has 148 valence electrons. The lowest BCUT2D eigenvalue weighted by Crippen LogP contribution is -2.41. The van der Waals surface area contributed by atoms with Crippen LogP contribution in [0.4, 0.5) is 0 Å². The monoisotopic (exact) mass is 476 g/mol. The van der Waals surface area contributed by atoms with Gasteiger partial charge in [-0.1, -0.05) is 13.0 Å². The minimum atomic E-state index is 0. The number of methoxy groups -OCH3 is 2. The average Bonchev–Trinajstić information content (AvgIpc) is 2.65. The van der Waals surface area contributed by atoms with E-state index < -0.39 is 0 Å². The lowest BCUT2D eigenvalue weighted by atomic mass is 9.97. The summed E-state index contributed by atoms with van der Waals surface area (Å²) < 4.78 is 10.6. The first-order chi connectivity index (χ1) is 12.2. The van der Waals surface area contributed by atoms with Crippen molar-refractivity contribution in [1.82, 2.24) is 10.2 Å². The van der Waals surface area contributed by atoms with E-state index in [9.17, 15) is 0 Å². The predicted molar refractivity (Wildman–Crippen MR) is 118 cm³/mol. The molecule has 0 saturated carbocycles. The number of hydrogen-bond donors (Lipinski definition) is 2. The Morgan fingerprint density at radius 1 is 1.23 bits per heavy atom. The zero-order chi connectivity index (χ0) is 18.1. The van der Waals surface area contributed by atoms with Crippen molar-refractivity contribution in [2.75, 3.05) is 40.4 Å². The highest BCUT2D eigenvalue weighted by atomic mass is 127. The molecule has 1 aromatic rings. The third-order valence-corrected chi connectivity index (χ3v) is 4.70. The van der Waals surface area contributed by atoms with Crippen LogP contribution in [-0.4, -0.2) is 51.3 Å². The van der Waals surface area contributed by atoms with Crippen molar-refractivity contribution in [2.45, 2.75) is 32.7 Å². The quantitative estimate of drug-likeness (QED) is 0.343. The lowest BCUT2D eigenvalue weighted by Gasteiger charge is -2.31. The van der Waals surface area contributed by atoms with Crippen molar-refractivity contribution >= 4 is 29.9 Å². The summed E-state index contributed by atoms with van der Waals surface area (Å²) in [7, 11) is 3.26. The van der Waals surface area contributed by atoms with Crippen LogP contribution in [0.5, 0.6) is 11.5 Å². The minimum Gasteiger partial charge on any atom is -0.493 e. The lowest BCUT2D eigenvalue weighted by molar-refractivity contribution is 0.185. The molecule has 1 heterocycles. The summed E-state index contributed by atoms with van der Waals surface area (Å²) in [6.07, 6.45) is 3.70. The van der Waals surface area contributed by atoms with Gasteiger partial charge in [0, 0.05) is 6.54 Å². The molecule has 2 rings (SSSR count). The number of halogens is 1. The molecular formula is C19H33IN4O2. The number of aliphatic imine (C=N–C) groups is 1. The van der Waals surface area contributed by atoms with Crippen LogP contribution in [0.1, 0.15) is 31.7 Å². The summed E-state index contributed by atoms with van der Waals surface area (Å²) in [5, 5.41) is 3.27. The van der Waals surface area contributed by atoms with Gasteiger partial charge >= 0.3 is 0 Å². The molecule has 1 aromatic carbocycles. The van der Waals surface area contributed by atoms with Gasteiger partial charge in [0.1, 0.15) is 0 Å². The number of ether oxygens (including phenoxy) is 2. The van der Waals surface area contributed by atoms with Gasteiger partial charge in [-0.25, -0.2) is 4.99 Å². The second kappa shape index (κ2) is 12.2. The molecule has 0 amide bonds. The number of nitrogens with two attached hydrogens (primary N) is 1. The van der Waals surface area contributed by atoms with Crippen molar-refractivity contribution in [2.24, 2.45) is 16.6 Å². The number of rotatable bonds is 8. The van der Waals surface area contributed by atoms with Crippen LogP contribution in [0, 0.1) is 5.92 Å². The number of nitrogens with one attached hydrogen (secondary N) is 1. The summed E-state index contributed by atoms with van der Waals surface area (Å²) in [6, 6.07) is 5.79. The summed E-state index contributed by atoms with van der Waals surface area (Å²) in [5.74, 6) is 2.62. The fraction of sp³-hybridized carbons (Fsp3) is 0.632. The fourth-order valence-corrected chi connectivity index (χ4v) is 3.19. The van der Waals surface area contributed by atoms with Crippen molar-refractivity contribution in [3.05, 3.63) is 23.8 Å². The summed E-state index contributed by atoms with van der Waals surface area (Å²) in [6.45, 7) is 7.28. The van der Waals surface area contributed by atoms with Gasteiger partial charge in [-0.2, -0.15) is 0 Å². The van der Waals surface area contributed by atoms with E-state index in [1.54, 1.807) is 14.2 Å². The normalized spacial score (nSPS) is 16.0. The van der Waals surface area contributed by atoms with E-state index in [0.29, 0.717) is 24.2 Å². The molecule has 0 radical (unpaired) electrons. The standard InChI is InChI=1S/C19H32N4O2.HI/c1-4-9-23-10-7-15(8-11-23)13-21-19(20)22-14-16-5-6-17(24-2)18(12-16)25-3;/h5-6,12,15H,4,7-11,13-14H2,1-3H3,(H3,20,21,22);1H. The van der Waals surface area contributed by atoms with Crippen LogP contribution in [0.25, 0.3) is 0 Å². The second-order valence-electron chi connectivity index (χ2n) is 6.56. The highest BCUT2D eigenvalue weighted by Gasteiger charge is 2.18. The van der Waals surface area contributed by atoms with Gasteiger partial charge in [0.2, 0.25) is 0 Å². The first-order valence-corrected chi connectivity index (χ1v) is 9.13. The number of nitrogens with zero attached hydrogens (tertiary/aromatic N) is 2. The topological polar surface area (TPSA) is 72.1 Å². The van der Waals surface area contributed by atoms with Crippen LogP contribution >= 0.6 is 24.0 Å². The van der Waals surface area contributed by atoms with Gasteiger partial charge in [0.05, 0.1) is 20.8 Å². The van der Waals surface area contributed by atoms with E-state index in [1.807, 2.05) is 18.2 Å². The smallest absolute Gasteiger partial charge is 0.188 e. The van der Waals surface area contributed by atoms with Crippen LogP contribution in [0.15, 0.2) is 23.2 Å². The summed E-state index contributed by atoms with van der Waals surface area (Å²) in [5.41, 5.74) is 7.05. The zero-order valence-corrected chi connectivity index (χ0v) is 18.5. The van der Waals surface area contributed by atoms with E-state index in [4.69, 9.17) is 15.2 Å². The molecule has 1 fully saturated rings. The molecular weight excluding hydrogens is 443 g/mol. The van der Waals surface area contributed by atoms with E-state index in [-0.39, 0.29) is 24.0 Å². The van der Waals surface area contributed by atoms with E-state index >= 15 is 0 Å². The molecule has 0 bridgehead atoms. The third-order valence-electron chi connectivity index (χ3n) is 4.70. The molecule has 0 atom stereocenters. The van der Waals surface area contributed by atoms with Crippen LogP contribution in [0.3, 0.4) is 0 Å². The number of guanidine groups is 1. The molecule has 6 nitrogen and oxygen atoms in total. The SMILES string of the molecule is CCCN1CCC(CNC(N)=NCc2ccc(OC)c(OC)c2)CC1.I. The van der Waals surface area contributed by atoms with Crippen LogP contribution in [-0.2, 0) is 6.54 Å². The maximum atomic E-state index is 6.01. The number of benzene rings is 1. The van der Waals surface area contributed by atoms with Crippen molar-refractivity contribution in [3.63, 3.8) is 0 Å². The number of likely N-dealkylation sites (tertiary alicyclic amines) is 1. The van der Waals surface area contributed by atoms with Gasteiger partial charge in [0.25, 0.3) is 0 Å². The molecule has 7 heteroatoms. The van der Waals surface area contributed by atoms with E-state index in [1.165, 1.54) is 38.9 Å². The molecule has 0 unspecified atom stereocenters. The Morgan fingerprint density at radius 2 is 1.92 bits per heavy atom. The Bertz CT molecular complexity index is 560. The summed E-state index contributed by atoms with van der Waals surface area (Å²) >= 11 is 0. The van der Waals surface area contributed by atoms with E-state index in [2.05, 4.69) is 22.1 Å². The van der Waals surface area contributed by atoms with Crippen molar-refractivity contribution in [3.8, 4) is 11.5 Å². The number of hydrogen-bond acceptors (Lipinski definition) is 4. The van der Waals surface area contributed by atoms with Crippen LogP contribution in [0.2, 0.25) is 0 Å². The van der Waals surface area contributed by atoms with Gasteiger partial charge in [-0.05, 0) is 62.5 Å². The molecule has 1 aliphatic heterocycles. The number of piperidine rings is 1. The highest BCUT2D eigenvalue weighted by molar-refractivity contribution is 14.0. The molecule has 0 spiro atoms. The van der Waals surface area contributed by atoms with Crippen LogP contribution < -0.4 is 20.5 Å².